The highest BCUT2D eigenvalue weighted by Crippen LogP contribution is 2.26. The second-order valence-corrected chi connectivity index (χ2v) is 18.5. The van der Waals surface area contributed by atoms with Gasteiger partial charge in [0.15, 0.2) is 24.6 Å². The van der Waals surface area contributed by atoms with Gasteiger partial charge < -0.3 is 39.0 Å². The molecule has 0 spiro atoms. The van der Waals surface area contributed by atoms with Gasteiger partial charge in [-0.3, -0.25) is 14.4 Å². The van der Waals surface area contributed by atoms with Crippen LogP contribution < -0.4 is 0 Å². The normalized spacial score (nSPS) is 19.1. The quantitative estimate of drug-likeness (QED) is 0.0228. The summed E-state index contributed by atoms with van der Waals surface area (Å²) >= 11 is 0. The lowest BCUT2D eigenvalue weighted by Crippen LogP contribution is -2.61. The molecule has 0 bridgehead atoms. The first kappa shape index (κ1) is 64.9. The van der Waals surface area contributed by atoms with E-state index in [9.17, 15) is 34.5 Å². The fraction of sp³-hybridized carbons (Fsp3) is 0.695. The van der Waals surface area contributed by atoms with Crippen LogP contribution in [0.1, 0.15) is 213 Å². The predicted octanol–water partition coefficient (Wildman–Crippen LogP) is 13.6. The molecule has 1 aliphatic rings. The Labute approximate surface area is 429 Å². The Morgan fingerprint density at radius 2 is 0.944 bits per heavy atom. The maximum atomic E-state index is 13.1. The number of carbonyl (C=O) groups excluding carboxylic acids is 3. The number of ether oxygens (including phenoxy) is 5. The molecule has 3 N–H and O–H groups in total. The Morgan fingerprint density at radius 1 is 0.479 bits per heavy atom. The van der Waals surface area contributed by atoms with Gasteiger partial charge in [-0.2, -0.15) is 0 Å². The van der Waals surface area contributed by atoms with Crippen LogP contribution in [0.15, 0.2) is 85.1 Å². The summed E-state index contributed by atoms with van der Waals surface area (Å²) in [7, 11) is 0. The van der Waals surface area contributed by atoms with Crippen molar-refractivity contribution < 1.29 is 58.2 Å². The molecule has 1 rings (SSSR count). The first-order valence-electron chi connectivity index (χ1n) is 27.6. The van der Waals surface area contributed by atoms with Gasteiger partial charge in [-0.1, -0.05) is 183 Å². The summed E-state index contributed by atoms with van der Waals surface area (Å²) in [6.45, 7) is 5.71. The van der Waals surface area contributed by atoms with Gasteiger partial charge in [-0.15, -0.1) is 0 Å². The summed E-state index contributed by atoms with van der Waals surface area (Å²) in [5.41, 5.74) is 0. The average Bonchev–Trinajstić information content (AvgIpc) is 3.35. The van der Waals surface area contributed by atoms with Crippen LogP contribution >= 0.6 is 0 Å². The van der Waals surface area contributed by atoms with Crippen LogP contribution in [0.3, 0.4) is 0 Å². The molecule has 71 heavy (non-hydrogen) atoms. The van der Waals surface area contributed by atoms with Crippen molar-refractivity contribution in [1.82, 2.24) is 0 Å². The Kier molecular flexibility index (Phi) is 42.9. The molecule has 404 valence electrons. The lowest BCUT2D eigenvalue weighted by atomic mass is 9.98. The van der Waals surface area contributed by atoms with E-state index in [0.717, 1.165) is 109 Å². The number of aliphatic hydroxyl groups is 2. The van der Waals surface area contributed by atoms with Gasteiger partial charge in [-0.05, 0) is 96.3 Å². The van der Waals surface area contributed by atoms with Crippen LogP contribution in [-0.2, 0) is 42.9 Å². The van der Waals surface area contributed by atoms with Crippen molar-refractivity contribution in [2.45, 2.75) is 250 Å². The van der Waals surface area contributed by atoms with Crippen LogP contribution in [0, 0.1) is 0 Å². The molecule has 0 aromatic heterocycles. The fourth-order valence-corrected chi connectivity index (χ4v) is 7.71. The molecule has 12 heteroatoms. The van der Waals surface area contributed by atoms with Gasteiger partial charge in [-0.25, -0.2) is 4.79 Å². The van der Waals surface area contributed by atoms with Crippen LogP contribution in [0.25, 0.3) is 0 Å². The third-order valence-corrected chi connectivity index (χ3v) is 11.9. The summed E-state index contributed by atoms with van der Waals surface area (Å²) in [6.07, 6.45) is 47.2. The predicted molar refractivity (Wildman–Crippen MR) is 284 cm³/mol. The number of carboxylic acids is 1. The van der Waals surface area contributed by atoms with E-state index >= 15 is 0 Å². The molecule has 0 saturated carbocycles. The summed E-state index contributed by atoms with van der Waals surface area (Å²) < 4.78 is 28.2. The number of allylic oxidation sites excluding steroid dienone is 14. The third-order valence-electron chi connectivity index (χ3n) is 11.9. The van der Waals surface area contributed by atoms with E-state index in [4.69, 9.17) is 23.7 Å². The van der Waals surface area contributed by atoms with Crippen LogP contribution in [0.2, 0.25) is 0 Å². The molecule has 0 aromatic rings. The largest absolute Gasteiger partial charge is 0.479 e. The van der Waals surface area contributed by atoms with E-state index in [1.54, 1.807) is 0 Å². The molecular weight excluding hydrogens is 901 g/mol. The Morgan fingerprint density at radius 3 is 1.48 bits per heavy atom. The Hall–Kier alpha value is -4.10. The minimum atomic E-state index is -1.92. The van der Waals surface area contributed by atoms with Gasteiger partial charge >= 0.3 is 23.9 Å². The molecule has 1 fully saturated rings. The van der Waals surface area contributed by atoms with Crippen molar-refractivity contribution >= 4 is 23.9 Å². The lowest BCUT2D eigenvalue weighted by Gasteiger charge is -2.40. The maximum absolute atomic E-state index is 13.1. The van der Waals surface area contributed by atoms with Crippen molar-refractivity contribution in [3.05, 3.63) is 85.1 Å². The Balaban J connectivity index is 2.77. The molecule has 1 aliphatic heterocycles. The van der Waals surface area contributed by atoms with Gasteiger partial charge in [0.05, 0.1) is 6.61 Å². The first-order valence-corrected chi connectivity index (χ1v) is 27.6. The lowest BCUT2D eigenvalue weighted by molar-refractivity contribution is -0.301. The van der Waals surface area contributed by atoms with E-state index in [1.165, 1.54) is 38.5 Å². The molecule has 6 atom stereocenters. The number of hydrogen-bond acceptors (Lipinski definition) is 11. The van der Waals surface area contributed by atoms with E-state index in [2.05, 4.69) is 93.7 Å². The molecule has 12 nitrogen and oxygen atoms in total. The van der Waals surface area contributed by atoms with Gasteiger partial charge in [0.25, 0.3) is 0 Å². The zero-order chi connectivity index (χ0) is 51.8. The van der Waals surface area contributed by atoms with E-state index in [-0.39, 0.29) is 25.9 Å². The number of carboxylic acid groups (broad SMARTS) is 1. The smallest absolute Gasteiger partial charge is 0.335 e. The molecule has 1 heterocycles. The van der Waals surface area contributed by atoms with E-state index < -0.39 is 67.3 Å². The van der Waals surface area contributed by atoms with Gasteiger partial charge in [0.2, 0.25) is 0 Å². The summed E-state index contributed by atoms with van der Waals surface area (Å²) in [5, 5.41) is 31.4. The topological polar surface area (TPSA) is 175 Å². The minimum absolute atomic E-state index is 0.0323. The van der Waals surface area contributed by atoms with Crippen molar-refractivity contribution in [2.24, 2.45) is 0 Å². The minimum Gasteiger partial charge on any atom is -0.479 e. The third kappa shape index (κ3) is 37.3. The van der Waals surface area contributed by atoms with Crippen molar-refractivity contribution in [2.75, 3.05) is 13.2 Å². The van der Waals surface area contributed by atoms with Crippen LogP contribution in [0.4, 0.5) is 0 Å². The van der Waals surface area contributed by atoms with Crippen LogP contribution in [0.5, 0.6) is 0 Å². The van der Waals surface area contributed by atoms with Gasteiger partial charge in [0, 0.05) is 19.3 Å². The molecule has 6 unspecified atom stereocenters. The average molecular weight is 997 g/mol. The maximum Gasteiger partial charge on any atom is 0.335 e. The first-order chi connectivity index (χ1) is 34.6. The number of aliphatic hydroxyl groups excluding tert-OH is 2. The van der Waals surface area contributed by atoms with E-state index in [0.29, 0.717) is 25.7 Å². The number of carbonyl (C=O) groups is 4. The van der Waals surface area contributed by atoms with Crippen molar-refractivity contribution in [3.8, 4) is 0 Å². The Bertz CT molecular complexity index is 1560. The summed E-state index contributed by atoms with van der Waals surface area (Å²) in [5.74, 6) is -3.27. The zero-order valence-corrected chi connectivity index (χ0v) is 44.2. The number of esters is 3. The highest BCUT2D eigenvalue weighted by atomic mass is 16.7. The summed E-state index contributed by atoms with van der Waals surface area (Å²) in [6, 6.07) is 0. The van der Waals surface area contributed by atoms with Crippen molar-refractivity contribution in [1.29, 1.82) is 0 Å². The van der Waals surface area contributed by atoms with Crippen molar-refractivity contribution in [3.63, 3.8) is 0 Å². The van der Waals surface area contributed by atoms with E-state index in [1.807, 2.05) is 12.2 Å². The second-order valence-electron chi connectivity index (χ2n) is 18.5. The monoisotopic (exact) mass is 997 g/mol. The second kappa shape index (κ2) is 46.9. The highest BCUT2D eigenvalue weighted by Gasteiger charge is 2.50. The molecule has 0 aromatic carbocycles. The molecule has 0 radical (unpaired) electrons. The number of unbranched alkanes of at least 4 members (excludes halogenated alkanes) is 17. The molecule has 1 saturated heterocycles. The SMILES string of the molecule is CC/C=C\C/C=C\C/C=C\C/C=C\CCC(=O)OC(COC(=O)CCCCCCC/C=C\CCCCCCCC)COC1OC(C(=O)O)C(O)C(O)C1OC(=O)CCCCCCC/C=C\C/C=C\CCC. The summed E-state index contributed by atoms with van der Waals surface area (Å²) in [4.78, 5) is 50.9. The van der Waals surface area contributed by atoms with Gasteiger partial charge in [0.1, 0.15) is 18.8 Å². The van der Waals surface area contributed by atoms with Crippen LogP contribution in [-0.4, -0.2) is 89.2 Å². The molecule has 0 amide bonds. The number of rotatable bonds is 45. The standard InChI is InChI=1S/C59H96O12/c1-4-7-10-13-16-19-22-25-26-29-30-33-36-39-42-45-51(60)67-48-50(69-52(61)46-43-40-37-34-31-27-23-20-17-14-11-8-5-2)49-68-59-57(55(64)54(63)56(71-59)58(65)66)70-53(62)47-44-41-38-35-32-28-24-21-18-15-12-9-6-3/h8,11-12,15,17,20-21,24-27,31,37,40,50,54-57,59,63-64H,4-7,9-10,13-14,16,18-19,22-23,28-30,32-36,38-39,41-49H2,1-3H3,(H,65,66)/b11-8-,15-12-,20-17-,24-21-,26-25-,31-27-,40-37-. The molecular formula is C59H96O12. The number of hydrogen-bond donors (Lipinski definition) is 3. The molecule has 0 aliphatic carbocycles. The zero-order valence-electron chi connectivity index (χ0n) is 44.2. The highest BCUT2D eigenvalue weighted by molar-refractivity contribution is 5.74. The fourth-order valence-electron chi connectivity index (χ4n) is 7.71. The number of aliphatic carboxylic acids is 1.